The van der Waals surface area contributed by atoms with Crippen LogP contribution in [0, 0.1) is 5.41 Å². The van der Waals surface area contributed by atoms with Gasteiger partial charge in [0.2, 0.25) is 0 Å². The summed E-state index contributed by atoms with van der Waals surface area (Å²) in [6.07, 6.45) is 3.54. The zero-order valence-electron chi connectivity index (χ0n) is 11.3. The van der Waals surface area contributed by atoms with Gasteiger partial charge in [-0.2, -0.15) is 0 Å². The highest BCUT2D eigenvalue weighted by Crippen LogP contribution is 2.48. The minimum atomic E-state index is -0.0699. The van der Waals surface area contributed by atoms with Crippen molar-refractivity contribution >= 4 is 44.6 Å². The lowest BCUT2D eigenvalue weighted by Crippen LogP contribution is -2.29. The number of anilines is 1. The summed E-state index contributed by atoms with van der Waals surface area (Å²) in [6, 6.07) is 5.54. The molecule has 0 spiro atoms. The van der Waals surface area contributed by atoms with Crippen LogP contribution in [0.4, 0.5) is 5.69 Å². The van der Waals surface area contributed by atoms with Gasteiger partial charge in [0.1, 0.15) is 4.88 Å². The number of rotatable bonds is 4. The normalized spacial score (nSPS) is 16.3. The molecule has 106 valence electrons. The van der Waals surface area contributed by atoms with Gasteiger partial charge in [-0.15, -0.1) is 11.3 Å². The van der Waals surface area contributed by atoms with E-state index < -0.39 is 0 Å². The Labute approximate surface area is 127 Å². The zero-order chi connectivity index (χ0) is 14.3. The van der Waals surface area contributed by atoms with Gasteiger partial charge in [0, 0.05) is 21.7 Å². The van der Waals surface area contributed by atoms with Gasteiger partial charge < -0.3 is 11.1 Å². The van der Waals surface area contributed by atoms with Crippen molar-refractivity contribution in [2.75, 3.05) is 12.3 Å². The van der Waals surface area contributed by atoms with Crippen molar-refractivity contribution in [2.45, 2.75) is 26.2 Å². The average Bonchev–Trinajstić information content (AvgIpc) is 3.16. The number of halogens is 1. The van der Waals surface area contributed by atoms with Crippen LogP contribution in [-0.4, -0.2) is 12.5 Å². The highest BCUT2D eigenvalue weighted by atomic mass is 35.5. The second kappa shape index (κ2) is 4.93. The van der Waals surface area contributed by atoms with Crippen molar-refractivity contribution in [2.24, 2.45) is 5.41 Å². The Hall–Kier alpha value is -1.26. The summed E-state index contributed by atoms with van der Waals surface area (Å²) in [7, 11) is 0. The van der Waals surface area contributed by atoms with Crippen LogP contribution < -0.4 is 11.1 Å². The van der Waals surface area contributed by atoms with Crippen LogP contribution in [0.2, 0.25) is 5.02 Å². The summed E-state index contributed by atoms with van der Waals surface area (Å²) in [5.74, 6) is -0.0699. The molecule has 0 radical (unpaired) electrons. The van der Waals surface area contributed by atoms with Gasteiger partial charge in [0.05, 0.1) is 5.69 Å². The molecular weight excluding hydrogens is 292 g/mol. The molecular formula is C15H17ClN2OS. The van der Waals surface area contributed by atoms with Gasteiger partial charge >= 0.3 is 0 Å². The Balaban J connectivity index is 1.82. The van der Waals surface area contributed by atoms with E-state index in [9.17, 15) is 4.79 Å². The number of amides is 1. The average molecular weight is 309 g/mol. The molecule has 0 atom stereocenters. The topological polar surface area (TPSA) is 55.1 Å². The predicted molar refractivity (Wildman–Crippen MR) is 85.5 cm³/mol. The minimum absolute atomic E-state index is 0.0699. The predicted octanol–water partition coefficient (Wildman–Crippen LogP) is 4.06. The zero-order valence-corrected chi connectivity index (χ0v) is 12.9. The van der Waals surface area contributed by atoms with Crippen molar-refractivity contribution in [3.63, 3.8) is 0 Å². The highest BCUT2D eigenvalue weighted by Gasteiger charge is 2.40. The first-order chi connectivity index (χ1) is 9.54. The van der Waals surface area contributed by atoms with Gasteiger partial charge in [-0.25, -0.2) is 0 Å². The van der Waals surface area contributed by atoms with Crippen LogP contribution in [0.15, 0.2) is 18.2 Å². The van der Waals surface area contributed by atoms with E-state index in [4.69, 9.17) is 17.3 Å². The number of carbonyl (C=O) groups excluding carboxylic acids is 1. The number of nitrogen functional groups attached to an aromatic ring is 1. The number of hydrogen-bond donors (Lipinski definition) is 2. The Bertz CT molecular complexity index is 676. The molecule has 3 nitrogen and oxygen atoms in total. The van der Waals surface area contributed by atoms with Crippen LogP contribution in [0.1, 0.15) is 35.9 Å². The number of carbonyl (C=O) groups is 1. The smallest absolute Gasteiger partial charge is 0.263 e. The Morgan fingerprint density at radius 3 is 2.90 bits per heavy atom. The van der Waals surface area contributed by atoms with E-state index in [2.05, 4.69) is 12.2 Å². The molecule has 1 amide bonds. The van der Waals surface area contributed by atoms with E-state index in [1.807, 2.05) is 18.2 Å². The van der Waals surface area contributed by atoms with Crippen LogP contribution in [0.25, 0.3) is 10.1 Å². The highest BCUT2D eigenvalue weighted by molar-refractivity contribution is 7.21. The molecule has 0 saturated heterocycles. The van der Waals surface area contributed by atoms with Gasteiger partial charge in [-0.05, 0) is 42.9 Å². The SMILES string of the molecule is CCC1(CNC(=O)c2sc3ccc(Cl)cc3c2N)CC1. The molecule has 3 N–H and O–H groups in total. The largest absolute Gasteiger partial charge is 0.397 e. The molecule has 1 aliphatic carbocycles. The third-order valence-electron chi connectivity index (χ3n) is 4.23. The number of nitrogens with one attached hydrogen (secondary N) is 1. The van der Waals surface area contributed by atoms with Crippen molar-refractivity contribution in [3.05, 3.63) is 28.1 Å². The van der Waals surface area contributed by atoms with Gasteiger partial charge in [0.25, 0.3) is 5.91 Å². The number of fused-ring (bicyclic) bond motifs is 1. The molecule has 2 aromatic rings. The first kappa shape index (κ1) is 13.7. The van der Waals surface area contributed by atoms with Gasteiger partial charge in [-0.3, -0.25) is 4.79 Å². The van der Waals surface area contributed by atoms with E-state index in [0.29, 0.717) is 21.0 Å². The number of nitrogens with two attached hydrogens (primary N) is 1. The molecule has 1 fully saturated rings. The van der Waals surface area contributed by atoms with Crippen LogP contribution in [0.5, 0.6) is 0 Å². The maximum atomic E-state index is 12.3. The van der Waals surface area contributed by atoms with Crippen LogP contribution in [-0.2, 0) is 0 Å². The lowest BCUT2D eigenvalue weighted by molar-refractivity contribution is 0.0949. The summed E-state index contributed by atoms with van der Waals surface area (Å²) in [6.45, 7) is 2.92. The Kier molecular flexibility index (Phi) is 3.38. The minimum Gasteiger partial charge on any atom is -0.397 e. The summed E-state index contributed by atoms with van der Waals surface area (Å²) >= 11 is 7.40. The summed E-state index contributed by atoms with van der Waals surface area (Å²) in [5.41, 5.74) is 6.96. The Morgan fingerprint density at radius 2 is 2.25 bits per heavy atom. The number of hydrogen-bond acceptors (Lipinski definition) is 3. The maximum Gasteiger partial charge on any atom is 0.263 e. The third kappa shape index (κ3) is 2.38. The third-order valence-corrected chi connectivity index (χ3v) is 5.65. The molecule has 20 heavy (non-hydrogen) atoms. The van der Waals surface area contributed by atoms with Crippen molar-refractivity contribution in [1.82, 2.24) is 5.32 Å². The number of benzene rings is 1. The molecule has 1 aliphatic rings. The lowest BCUT2D eigenvalue weighted by Gasteiger charge is -2.12. The summed E-state index contributed by atoms with van der Waals surface area (Å²) < 4.78 is 0.994. The fourth-order valence-corrected chi connectivity index (χ4v) is 3.63. The second-order valence-corrected chi connectivity index (χ2v) is 7.01. The maximum absolute atomic E-state index is 12.3. The number of thiophene rings is 1. The van der Waals surface area contributed by atoms with Crippen molar-refractivity contribution in [1.29, 1.82) is 0 Å². The molecule has 1 aromatic carbocycles. The van der Waals surface area contributed by atoms with Crippen molar-refractivity contribution < 1.29 is 4.79 Å². The van der Waals surface area contributed by atoms with E-state index in [0.717, 1.165) is 23.1 Å². The molecule has 5 heteroatoms. The van der Waals surface area contributed by atoms with E-state index in [1.165, 1.54) is 24.2 Å². The molecule has 1 heterocycles. The monoisotopic (exact) mass is 308 g/mol. The molecule has 1 saturated carbocycles. The molecule has 0 unspecified atom stereocenters. The van der Waals surface area contributed by atoms with E-state index in [-0.39, 0.29) is 5.91 Å². The molecule has 3 rings (SSSR count). The van der Waals surface area contributed by atoms with Gasteiger partial charge in [-0.1, -0.05) is 18.5 Å². The molecule has 0 bridgehead atoms. The van der Waals surface area contributed by atoms with Gasteiger partial charge in [0.15, 0.2) is 0 Å². The fourth-order valence-electron chi connectivity index (χ4n) is 2.44. The van der Waals surface area contributed by atoms with Crippen molar-refractivity contribution in [3.8, 4) is 0 Å². The standard InChI is InChI=1S/C15H17ClN2OS/c1-2-15(5-6-15)8-18-14(19)13-12(17)10-7-9(16)3-4-11(10)20-13/h3-4,7H,2,5-6,8,17H2,1H3,(H,18,19). The summed E-state index contributed by atoms with van der Waals surface area (Å²) in [4.78, 5) is 12.9. The lowest BCUT2D eigenvalue weighted by atomic mass is 10.0. The molecule has 0 aliphatic heterocycles. The van der Waals surface area contributed by atoms with Crippen LogP contribution in [0.3, 0.4) is 0 Å². The quantitative estimate of drug-likeness (QED) is 0.895. The first-order valence-electron chi connectivity index (χ1n) is 6.80. The van der Waals surface area contributed by atoms with Crippen LogP contribution >= 0.6 is 22.9 Å². The molecule has 1 aromatic heterocycles. The van der Waals surface area contributed by atoms with E-state index >= 15 is 0 Å². The first-order valence-corrected chi connectivity index (χ1v) is 8.00. The summed E-state index contributed by atoms with van der Waals surface area (Å²) in [5, 5.41) is 4.53. The fraction of sp³-hybridized carbons (Fsp3) is 0.400. The Morgan fingerprint density at radius 1 is 1.50 bits per heavy atom. The van der Waals surface area contributed by atoms with E-state index in [1.54, 1.807) is 0 Å². The second-order valence-electron chi connectivity index (χ2n) is 5.52.